The number of hydrogen-bond donors (Lipinski definition) is 1. The smallest absolute Gasteiger partial charge is 0.416 e. The second-order valence-electron chi connectivity index (χ2n) is 7.50. The molecular weight excluding hydrogens is 481 g/mol. The van der Waals surface area contributed by atoms with Crippen molar-refractivity contribution in [2.24, 2.45) is 0 Å². The number of aromatic nitrogens is 3. The van der Waals surface area contributed by atoms with Crippen molar-refractivity contribution in [1.29, 1.82) is 0 Å². The molecule has 0 bridgehead atoms. The Kier molecular flexibility index (Phi) is 8.44. The summed E-state index contributed by atoms with van der Waals surface area (Å²) in [5.74, 6) is 1.39. The number of halogens is 3. The Morgan fingerprint density at radius 2 is 1.86 bits per heavy atom. The average molecular weight is 507 g/mol. The number of allylic oxidation sites excluding steroid dienone is 1. The van der Waals surface area contributed by atoms with Gasteiger partial charge < -0.3 is 14.8 Å². The van der Waals surface area contributed by atoms with E-state index in [9.17, 15) is 18.0 Å². The van der Waals surface area contributed by atoms with Gasteiger partial charge in [-0.15, -0.1) is 16.8 Å². The largest absolute Gasteiger partial charge is 0.497 e. The lowest BCUT2D eigenvalue weighted by Crippen LogP contribution is -2.23. The van der Waals surface area contributed by atoms with Gasteiger partial charge in [-0.05, 0) is 56.3 Å². The molecule has 2 aromatic carbocycles. The van der Waals surface area contributed by atoms with Crippen molar-refractivity contribution >= 4 is 23.4 Å². The highest BCUT2D eigenvalue weighted by atomic mass is 32.2. The number of thioether (sulfide) groups is 1. The number of ether oxygens (including phenoxy) is 2. The number of methoxy groups -OCH3 is 1. The van der Waals surface area contributed by atoms with Gasteiger partial charge in [0.05, 0.1) is 17.9 Å². The molecule has 1 N–H and O–H groups in total. The number of amides is 1. The average Bonchev–Trinajstić information content (AvgIpc) is 3.21. The molecule has 0 fully saturated rings. The van der Waals surface area contributed by atoms with Crippen molar-refractivity contribution in [2.45, 2.75) is 43.1 Å². The van der Waals surface area contributed by atoms with Crippen LogP contribution in [0.4, 0.5) is 18.9 Å². The maximum Gasteiger partial charge on any atom is 0.416 e. The minimum atomic E-state index is -4.50. The van der Waals surface area contributed by atoms with Crippen molar-refractivity contribution in [3.8, 4) is 11.5 Å². The number of rotatable bonds is 10. The van der Waals surface area contributed by atoms with E-state index >= 15 is 0 Å². The molecule has 186 valence electrons. The zero-order valence-electron chi connectivity index (χ0n) is 19.4. The number of hydrogen-bond acceptors (Lipinski definition) is 6. The lowest BCUT2D eigenvalue weighted by Gasteiger charge is -2.17. The van der Waals surface area contributed by atoms with Gasteiger partial charge in [0.25, 0.3) is 0 Å². The summed E-state index contributed by atoms with van der Waals surface area (Å²) in [5, 5.41) is 10.8. The zero-order chi connectivity index (χ0) is 25.6. The molecule has 2 atom stereocenters. The Bertz CT molecular complexity index is 1170. The molecule has 11 heteroatoms. The highest BCUT2D eigenvalue weighted by Gasteiger charge is 2.31. The van der Waals surface area contributed by atoms with Gasteiger partial charge in [-0.1, -0.05) is 23.9 Å². The van der Waals surface area contributed by atoms with E-state index in [4.69, 9.17) is 9.47 Å². The van der Waals surface area contributed by atoms with E-state index in [-0.39, 0.29) is 5.69 Å². The normalized spacial score (nSPS) is 13.1. The molecule has 1 amide bonds. The molecule has 0 aliphatic rings. The van der Waals surface area contributed by atoms with Crippen LogP contribution in [0.2, 0.25) is 0 Å². The predicted octanol–water partition coefficient (Wildman–Crippen LogP) is 5.75. The van der Waals surface area contributed by atoms with Crippen LogP contribution >= 0.6 is 11.8 Å². The highest BCUT2D eigenvalue weighted by Crippen LogP contribution is 2.31. The van der Waals surface area contributed by atoms with Crippen LogP contribution in [0.1, 0.15) is 31.3 Å². The monoisotopic (exact) mass is 506 g/mol. The molecule has 3 aromatic rings. The summed E-state index contributed by atoms with van der Waals surface area (Å²) in [6.45, 7) is 7.61. The van der Waals surface area contributed by atoms with Gasteiger partial charge in [-0.2, -0.15) is 13.2 Å². The van der Waals surface area contributed by atoms with Crippen LogP contribution in [0.3, 0.4) is 0 Å². The van der Waals surface area contributed by atoms with Crippen molar-refractivity contribution in [1.82, 2.24) is 14.8 Å². The first-order chi connectivity index (χ1) is 16.6. The summed E-state index contributed by atoms with van der Waals surface area (Å²) in [6.07, 6.45) is -3.28. The fraction of sp³-hybridized carbons (Fsp3) is 0.292. The maximum absolute atomic E-state index is 12.9. The summed E-state index contributed by atoms with van der Waals surface area (Å²) in [6, 6.07) is 11.6. The van der Waals surface area contributed by atoms with Crippen LogP contribution in [-0.4, -0.2) is 33.0 Å². The van der Waals surface area contributed by atoms with Crippen LogP contribution in [-0.2, 0) is 17.5 Å². The van der Waals surface area contributed by atoms with E-state index < -0.39 is 29.0 Å². The molecule has 0 aliphatic heterocycles. The van der Waals surface area contributed by atoms with E-state index in [1.54, 1.807) is 48.9 Å². The van der Waals surface area contributed by atoms with Crippen molar-refractivity contribution in [2.75, 3.05) is 12.4 Å². The molecule has 35 heavy (non-hydrogen) atoms. The van der Waals surface area contributed by atoms with Gasteiger partial charge >= 0.3 is 6.18 Å². The van der Waals surface area contributed by atoms with Crippen molar-refractivity contribution < 1.29 is 27.4 Å². The molecule has 0 aliphatic carbocycles. The lowest BCUT2D eigenvalue weighted by atomic mass is 10.2. The van der Waals surface area contributed by atoms with E-state index in [1.165, 1.54) is 12.1 Å². The highest BCUT2D eigenvalue weighted by molar-refractivity contribution is 8.00. The first-order valence-electron chi connectivity index (χ1n) is 10.6. The van der Waals surface area contributed by atoms with Gasteiger partial charge in [-0.25, -0.2) is 0 Å². The van der Waals surface area contributed by atoms with Gasteiger partial charge in [0.2, 0.25) is 5.91 Å². The maximum atomic E-state index is 12.9. The number of alkyl halides is 3. The quantitative estimate of drug-likeness (QED) is 0.279. The third-order valence-electron chi connectivity index (χ3n) is 4.90. The Balaban J connectivity index is 1.71. The summed E-state index contributed by atoms with van der Waals surface area (Å²) in [4.78, 5) is 12.7. The van der Waals surface area contributed by atoms with Crippen LogP contribution in [0.25, 0.3) is 0 Å². The minimum absolute atomic E-state index is 0.0621. The van der Waals surface area contributed by atoms with Crippen LogP contribution in [0.15, 0.2) is 66.3 Å². The predicted molar refractivity (Wildman–Crippen MR) is 128 cm³/mol. The topological polar surface area (TPSA) is 78.3 Å². The van der Waals surface area contributed by atoms with E-state index in [1.807, 2.05) is 6.92 Å². The zero-order valence-corrected chi connectivity index (χ0v) is 20.2. The molecule has 0 radical (unpaired) electrons. The summed E-state index contributed by atoms with van der Waals surface area (Å²) >= 11 is 1.13. The molecule has 2 unspecified atom stereocenters. The van der Waals surface area contributed by atoms with E-state index in [0.29, 0.717) is 29.0 Å². The fourth-order valence-electron chi connectivity index (χ4n) is 3.13. The Labute approximate surface area is 205 Å². The molecule has 0 saturated heterocycles. The van der Waals surface area contributed by atoms with E-state index in [2.05, 4.69) is 22.1 Å². The first kappa shape index (κ1) is 26.1. The van der Waals surface area contributed by atoms with Crippen LogP contribution < -0.4 is 14.8 Å². The molecule has 0 spiro atoms. The number of anilines is 1. The number of nitrogens with one attached hydrogen (secondary N) is 1. The summed E-state index contributed by atoms with van der Waals surface area (Å²) < 4.78 is 51.8. The van der Waals surface area contributed by atoms with Crippen LogP contribution in [0, 0.1) is 0 Å². The van der Waals surface area contributed by atoms with Crippen molar-refractivity contribution in [3.63, 3.8) is 0 Å². The standard InChI is InChI=1S/C24H25F3N4O3S/c1-5-13-31-21(15(2)34-20-11-9-19(33-4)10-12-20)29-30-23(31)35-16(3)22(32)28-18-8-6-7-17(14-18)24(25,26)27/h5-12,14-16H,1,13H2,2-4H3,(H,28,32). The van der Waals surface area contributed by atoms with Crippen LogP contribution in [0.5, 0.6) is 11.5 Å². The third-order valence-corrected chi connectivity index (χ3v) is 5.98. The molecular formula is C24H25F3N4O3S. The first-order valence-corrected chi connectivity index (χ1v) is 11.5. The van der Waals surface area contributed by atoms with Crippen molar-refractivity contribution in [3.05, 3.63) is 72.6 Å². The second-order valence-corrected chi connectivity index (χ2v) is 8.81. The number of nitrogens with zero attached hydrogens (tertiary/aromatic N) is 3. The van der Waals surface area contributed by atoms with Gasteiger partial charge in [0, 0.05) is 12.2 Å². The number of benzene rings is 2. The van der Waals surface area contributed by atoms with Gasteiger partial charge in [-0.3, -0.25) is 9.36 Å². The summed E-state index contributed by atoms with van der Waals surface area (Å²) in [5.41, 5.74) is -0.774. The molecule has 1 aromatic heterocycles. The Morgan fingerprint density at radius 3 is 2.49 bits per heavy atom. The number of carbonyl (C=O) groups excluding carboxylic acids is 1. The third kappa shape index (κ3) is 6.78. The van der Waals surface area contributed by atoms with Gasteiger partial charge in [0.15, 0.2) is 17.1 Å². The lowest BCUT2D eigenvalue weighted by molar-refractivity contribution is -0.137. The Hall–Kier alpha value is -3.47. The molecule has 0 saturated carbocycles. The number of carbonyl (C=O) groups is 1. The Morgan fingerprint density at radius 1 is 1.17 bits per heavy atom. The summed E-state index contributed by atoms with van der Waals surface area (Å²) in [7, 11) is 1.58. The fourth-order valence-corrected chi connectivity index (χ4v) is 3.99. The minimum Gasteiger partial charge on any atom is -0.497 e. The molecule has 3 rings (SSSR count). The van der Waals surface area contributed by atoms with E-state index in [0.717, 1.165) is 23.9 Å². The SMILES string of the molecule is C=CCn1c(SC(C)C(=O)Nc2cccc(C(F)(F)F)c2)nnc1C(C)Oc1ccc(OC)cc1. The molecule has 1 heterocycles. The second kappa shape index (κ2) is 11.3. The molecule has 7 nitrogen and oxygen atoms in total. The van der Waals surface area contributed by atoms with Gasteiger partial charge in [0.1, 0.15) is 11.5 Å².